The summed E-state index contributed by atoms with van der Waals surface area (Å²) in [4.78, 5) is 52.0. The Morgan fingerprint density at radius 2 is 1.86 bits per heavy atom. The van der Waals surface area contributed by atoms with E-state index < -0.39 is 50.5 Å². The molecule has 1 aliphatic carbocycles. The first-order valence-electron chi connectivity index (χ1n) is 11.3. The van der Waals surface area contributed by atoms with Gasteiger partial charge in [-0.1, -0.05) is 50.6 Å². The predicted octanol–water partition coefficient (Wildman–Crippen LogP) is 2.74. The van der Waals surface area contributed by atoms with Crippen LogP contribution in [0.4, 0.5) is 0 Å². The lowest BCUT2D eigenvalue weighted by Gasteiger charge is -2.35. The van der Waals surface area contributed by atoms with Gasteiger partial charge in [0.25, 0.3) is 21.9 Å². The van der Waals surface area contributed by atoms with Crippen LogP contribution in [-0.4, -0.2) is 58.0 Å². The Bertz CT molecular complexity index is 1250. The molecule has 1 saturated heterocycles. The van der Waals surface area contributed by atoms with Gasteiger partial charge in [0.05, 0.1) is 11.1 Å². The molecule has 0 spiro atoms. The number of nitrogens with one attached hydrogen (secondary N) is 1. The second-order valence-electron chi connectivity index (χ2n) is 9.08. The summed E-state index contributed by atoms with van der Waals surface area (Å²) in [5.74, 6) is -2.22. The van der Waals surface area contributed by atoms with Crippen molar-refractivity contribution in [1.82, 2.24) is 10.2 Å². The number of hydrogen-bond donors (Lipinski definition) is 2. The molecule has 9 nitrogen and oxygen atoms in total. The lowest BCUT2D eigenvalue weighted by Crippen LogP contribution is -2.54. The first-order valence-corrected chi connectivity index (χ1v) is 13.7. The Balaban J connectivity index is 1.64. The normalized spacial score (nSPS) is 27.2. The number of carbonyl (C=O) groups is 4. The van der Waals surface area contributed by atoms with Crippen molar-refractivity contribution < 1.29 is 32.1 Å². The van der Waals surface area contributed by atoms with Crippen molar-refractivity contribution >= 4 is 45.5 Å². The second-order valence-corrected chi connectivity index (χ2v) is 11.9. The van der Waals surface area contributed by atoms with Crippen LogP contribution in [0.5, 0.6) is 0 Å². The highest BCUT2D eigenvalue weighted by molar-refractivity contribution is 8.00. The summed E-state index contributed by atoms with van der Waals surface area (Å²) in [6.45, 7) is 3.96. The molecule has 0 aromatic heterocycles. The van der Waals surface area contributed by atoms with Gasteiger partial charge in [0, 0.05) is 22.0 Å². The number of piperidine rings is 1. The minimum atomic E-state index is -4.24. The Labute approximate surface area is 207 Å². The molecule has 0 radical (unpaired) electrons. The standard InChI is InChI=1S/C24H26N2O7S2/c1-3-5-18(24(2)12-10-14(11-13-24)35(31,32)33)34-17-7-4-6-15-20(17)23(30)26(22(15)29)16-8-9-19(27)25-21(16)28/h4,6-7,10-14,16,18H,3,5,8-9H2,1-2H3,(H,25,27,28)(H,31,32,33). The van der Waals surface area contributed by atoms with E-state index in [1.54, 1.807) is 30.4 Å². The number of carbonyl (C=O) groups excluding carboxylic acids is 4. The summed E-state index contributed by atoms with van der Waals surface area (Å²) in [5, 5.41) is 0.979. The van der Waals surface area contributed by atoms with Gasteiger partial charge in [-0.25, -0.2) is 0 Å². The van der Waals surface area contributed by atoms with Gasteiger partial charge in [-0.15, -0.1) is 11.8 Å². The second kappa shape index (κ2) is 9.36. The van der Waals surface area contributed by atoms with Crippen molar-refractivity contribution in [2.75, 3.05) is 0 Å². The quantitative estimate of drug-likeness (QED) is 0.243. The molecule has 186 valence electrons. The van der Waals surface area contributed by atoms with Crippen LogP contribution in [0.2, 0.25) is 0 Å². The Hall–Kier alpha value is -2.76. The molecule has 1 aromatic rings. The number of hydrogen-bond acceptors (Lipinski definition) is 7. The Morgan fingerprint density at radius 1 is 1.17 bits per heavy atom. The van der Waals surface area contributed by atoms with Crippen molar-refractivity contribution in [2.45, 2.75) is 61.0 Å². The van der Waals surface area contributed by atoms with E-state index in [1.165, 1.54) is 23.9 Å². The summed E-state index contributed by atoms with van der Waals surface area (Å²) in [7, 11) is -4.24. The van der Waals surface area contributed by atoms with Crippen molar-refractivity contribution in [3.05, 3.63) is 53.6 Å². The average Bonchev–Trinajstić information content (AvgIpc) is 3.04. The molecule has 2 unspecified atom stereocenters. The third-order valence-electron chi connectivity index (χ3n) is 6.58. The summed E-state index contributed by atoms with van der Waals surface area (Å²) in [5.41, 5.74) is -0.123. The van der Waals surface area contributed by atoms with Crippen LogP contribution in [0, 0.1) is 5.41 Å². The van der Waals surface area contributed by atoms with Gasteiger partial charge in [0.15, 0.2) is 0 Å². The highest BCUT2D eigenvalue weighted by atomic mass is 32.2. The van der Waals surface area contributed by atoms with E-state index in [1.807, 2.05) is 13.8 Å². The van der Waals surface area contributed by atoms with Crippen LogP contribution < -0.4 is 5.32 Å². The van der Waals surface area contributed by atoms with Crippen LogP contribution in [0.15, 0.2) is 47.4 Å². The zero-order chi connectivity index (χ0) is 25.5. The molecule has 1 aromatic carbocycles. The van der Waals surface area contributed by atoms with Crippen LogP contribution >= 0.6 is 11.8 Å². The first-order chi connectivity index (χ1) is 16.5. The van der Waals surface area contributed by atoms with Crippen molar-refractivity contribution in [3.8, 4) is 0 Å². The van der Waals surface area contributed by atoms with E-state index >= 15 is 0 Å². The molecule has 35 heavy (non-hydrogen) atoms. The van der Waals surface area contributed by atoms with E-state index in [0.717, 1.165) is 17.7 Å². The number of nitrogens with zero attached hydrogens (tertiary/aromatic N) is 1. The van der Waals surface area contributed by atoms with Gasteiger partial charge >= 0.3 is 0 Å². The Morgan fingerprint density at radius 3 is 2.46 bits per heavy atom. The average molecular weight is 519 g/mol. The fourth-order valence-electron chi connectivity index (χ4n) is 4.63. The highest BCUT2D eigenvalue weighted by Crippen LogP contribution is 2.45. The number of amides is 4. The van der Waals surface area contributed by atoms with Crippen LogP contribution in [0.3, 0.4) is 0 Å². The third kappa shape index (κ3) is 4.72. The molecule has 2 atom stereocenters. The van der Waals surface area contributed by atoms with Crippen molar-refractivity contribution in [1.29, 1.82) is 0 Å². The molecule has 4 amide bonds. The number of imide groups is 2. The van der Waals surface area contributed by atoms with E-state index in [-0.39, 0.29) is 29.2 Å². The lowest BCUT2D eigenvalue weighted by molar-refractivity contribution is -0.136. The third-order valence-corrected chi connectivity index (χ3v) is 9.20. The minimum absolute atomic E-state index is 0.0472. The fraction of sp³-hybridized carbons (Fsp3) is 0.417. The maximum atomic E-state index is 13.4. The number of fused-ring (bicyclic) bond motifs is 1. The smallest absolute Gasteiger partial charge is 0.275 e. The molecule has 3 aliphatic rings. The SMILES string of the molecule is CCCC(Sc1cccc2c1C(=O)N(C1CCC(=O)NC1=O)C2=O)C1(C)C=CC(S(=O)(=O)O)C=C1. The molecule has 0 bridgehead atoms. The summed E-state index contributed by atoms with van der Waals surface area (Å²) < 4.78 is 32.4. The molecule has 2 N–H and O–H groups in total. The molecule has 4 rings (SSSR count). The van der Waals surface area contributed by atoms with Gasteiger partial charge in [-0.3, -0.25) is 33.9 Å². The largest absolute Gasteiger partial charge is 0.295 e. The maximum absolute atomic E-state index is 13.4. The van der Waals surface area contributed by atoms with Crippen LogP contribution in [0.1, 0.15) is 60.2 Å². The molecule has 2 aliphatic heterocycles. The van der Waals surface area contributed by atoms with Gasteiger partial charge < -0.3 is 0 Å². The number of rotatable bonds is 7. The topological polar surface area (TPSA) is 138 Å². The molecular formula is C24H26N2O7S2. The molecule has 1 fully saturated rings. The number of allylic oxidation sites excluding steroid dienone is 2. The number of thioether (sulfide) groups is 1. The maximum Gasteiger partial charge on any atom is 0.275 e. The van der Waals surface area contributed by atoms with Gasteiger partial charge in [0.1, 0.15) is 11.3 Å². The monoisotopic (exact) mass is 518 g/mol. The zero-order valence-electron chi connectivity index (χ0n) is 19.3. The van der Waals surface area contributed by atoms with Crippen LogP contribution in [-0.2, 0) is 19.7 Å². The minimum Gasteiger partial charge on any atom is -0.295 e. The summed E-state index contributed by atoms with van der Waals surface area (Å²) in [6, 6.07) is 3.96. The van der Waals surface area contributed by atoms with E-state index in [2.05, 4.69) is 5.32 Å². The molecule has 11 heteroatoms. The zero-order valence-corrected chi connectivity index (χ0v) is 20.9. The van der Waals surface area contributed by atoms with Gasteiger partial charge in [-0.2, -0.15) is 8.42 Å². The van der Waals surface area contributed by atoms with Crippen LogP contribution in [0.25, 0.3) is 0 Å². The number of benzene rings is 1. The Kier molecular flexibility index (Phi) is 6.78. The van der Waals surface area contributed by atoms with E-state index in [9.17, 15) is 32.1 Å². The van der Waals surface area contributed by atoms with Crippen molar-refractivity contribution in [3.63, 3.8) is 0 Å². The van der Waals surface area contributed by atoms with Gasteiger partial charge in [-0.05, 0) is 25.0 Å². The lowest BCUT2D eigenvalue weighted by atomic mass is 9.81. The summed E-state index contributed by atoms with van der Waals surface area (Å²) in [6.07, 6.45) is 8.09. The van der Waals surface area contributed by atoms with E-state index in [4.69, 9.17) is 0 Å². The van der Waals surface area contributed by atoms with E-state index in [0.29, 0.717) is 4.90 Å². The van der Waals surface area contributed by atoms with Gasteiger partial charge in [0.2, 0.25) is 11.8 Å². The first kappa shape index (κ1) is 25.3. The van der Waals surface area contributed by atoms with Crippen molar-refractivity contribution in [2.24, 2.45) is 5.41 Å². The highest BCUT2D eigenvalue weighted by Gasteiger charge is 2.46. The summed E-state index contributed by atoms with van der Waals surface area (Å²) >= 11 is 1.42. The molecule has 0 saturated carbocycles. The predicted molar refractivity (Wildman–Crippen MR) is 129 cm³/mol. The molecule has 2 heterocycles. The molecular weight excluding hydrogens is 492 g/mol. The fourth-order valence-corrected chi connectivity index (χ4v) is 6.73.